The van der Waals surface area contributed by atoms with Crippen LogP contribution in [0.15, 0.2) is 11.8 Å². The molecule has 0 spiro atoms. The molecule has 0 aromatic heterocycles. The largest absolute Gasteiger partial charge is 0.467 e. The van der Waals surface area contributed by atoms with E-state index in [0.29, 0.717) is 0 Å². The highest BCUT2D eigenvalue weighted by Gasteiger charge is 2.27. The van der Waals surface area contributed by atoms with Gasteiger partial charge in [-0.25, -0.2) is 14.4 Å². The Balaban J connectivity index is 4.94. The van der Waals surface area contributed by atoms with Crippen LogP contribution in [0.5, 0.6) is 0 Å². The maximum absolute atomic E-state index is 11.9. The Hall–Kier alpha value is -2.58. The van der Waals surface area contributed by atoms with Crippen molar-refractivity contribution >= 4 is 23.8 Å². The SMILES string of the molecule is CCOC(=O)/C(N)=C/C(=O)C[C@H](NC(=O)OC(C)(C)C)C(=O)OC. The number of ketones is 1. The van der Waals surface area contributed by atoms with Crippen molar-refractivity contribution in [1.29, 1.82) is 0 Å². The Kier molecular flexibility index (Phi) is 8.51. The topological polar surface area (TPSA) is 134 Å². The first-order valence-corrected chi connectivity index (χ1v) is 7.24. The van der Waals surface area contributed by atoms with Gasteiger partial charge in [0.1, 0.15) is 17.3 Å². The highest BCUT2D eigenvalue weighted by Crippen LogP contribution is 2.08. The maximum Gasteiger partial charge on any atom is 0.408 e. The van der Waals surface area contributed by atoms with Gasteiger partial charge in [-0.15, -0.1) is 0 Å². The smallest absolute Gasteiger partial charge is 0.408 e. The summed E-state index contributed by atoms with van der Waals surface area (Å²) in [4.78, 5) is 46.6. The quantitative estimate of drug-likeness (QED) is 0.385. The summed E-state index contributed by atoms with van der Waals surface area (Å²) in [6, 6.07) is -1.27. The summed E-state index contributed by atoms with van der Waals surface area (Å²) in [5.41, 5.74) is 4.24. The Bertz CT molecular complexity index is 520. The van der Waals surface area contributed by atoms with Gasteiger partial charge in [-0.1, -0.05) is 0 Å². The molecular weight excluding hydrogens is 320 g/mol. The molecule has 136 valence electrons. The lowest BCUT2D eigenvalue weighted by molar-refractivity contribution is -0.144. The van der Waals surface area contributed by atoms with E-state index in [1.165, 1.54) is 0 Å². The third-order valence-corrected chi connectivity index (χ3v) is 2.41. The normalized spacial score (nSPS) is 12.8. The number of carbonyl (C=O) groups excluding carboxylic acids is 4. The Morgan fingerprint density at radius 1 is 1.21 bits per heavy atom. The monoisotopic (exact) mass is 344 g/mol. The summed E-state index contributed by atoms with van der Waals surface area (Å²) in [7, 11) is 1.11. The van der Waals surface area contributed by atoms with Crippen molar-refractivity contribution < 1.29 is 33.4 Å². The molecule has 0 saturated carbocycles. The van der Waals surface area contributed by atoms with Crippen molar-refractivity contribution in [3.8, 4) is 0 Å². The highest BCUT2D eigenvalue weighted by atomic mass is 16.6. The van der Waals surface area contributed by atoms with Crippen LogP contribution >= 0.6 is 0 Å². The second kappa shape index (κ2) is 9.53. The fourth-order valence-electron chi connectivity index (χ4n) is 1.49. The van der Waals surface area contributed by atoms with Crippen molar-refractivity contribution in [2.75, 3.05) is 13.7 Å². The molecule has 0 fully saturated rings. The predicted molar refractivity (Wildman–Crippen MR) is 83.7 cm³/mol. The lowest BCUT2D eigenvalue weighted by Gasteiger charge is -2.22. The zero-order chi connectivity index (χ0) is 18.9. The van der Waals surface area contributed by atoms with Gasteiger partial charge in [0.25, 0.3) is 0 Å². The summed E-state index contributed by atoms with van der Waals surface area (Å²) in [6.07, 6.45) is -0.496. The van der Waals surface area contributed by atoms with E-state index in [9.17, 15) is 19.2 Å². The highest BCUT2D eigenvalue weighted by molar-refractivity contribution is 6.00. The van der Waals surface area contributed by atoms with E-state index in [1.54, 1.807) is 27.7 Å². The molecule has 9 nitrogen and oxygen atoms in total. The van der Waals surface area contributed by atoms with Gasteiger partial charge in [-0.3, -0.25) is 4.79 Å². The van der Waals surface area contributed by atoms with Crippen molar-refractivity contribution in [2.24, 2.45) is 5.73 Å². The van der Waals surface area contributed by atoms with Gasteiger partial charge >= 0.3 is 18.0 Å². The minimum Gasteiger partial charge on any atom is -0.467 e. The fourth-order valence-corrected chi connectivity index (χ4v) is 1.49. The van der Waals surface area contributed by atoms with Crippen molar-refractivity contribution in [1.82, 2.24) is 5.32 Å². The molecule has 0 unspecified atom stereocenters. The number of ether oxygens (including phenoxy) is 3. The van der Waals surface area contributed by atoms with Crippen LogP contribution in [0.2, 0.25) is 0 Å². The van der Waals surface area contributed by atoms with E-state index in [4.69, 9.17) is 10.5 Å². The first kappa shape index (κ1) is 21.4. The second-order valence-electron chi connectivity index (χ2n) is 5.71. The standard InChI is InChI=1S/C15H24N2O7/c1-6-23-12(19)10(16)7-9(18)8-11(13(20)22-5)17-14(21)24-15(2,3)4/h7,11H,6,8,16H2,1-5H3,(H,17,21)/b10-7-/t11-/m0/s1. The van der Waals surface area contributed by atoms with Crippen LogP contribution in [-0.4, -0.2) is 49.2 Å². The summed E-state index contributed by atoms with van der Waals surface area (Å²) >= 11 is 0. The third kappa shape index (κ3) is 8.76. The lowest BCUT2D eigenvalue weighted by Crippen LogP contribution is -2.45. The van der Waals surface area contributed by atoms with Crippen LogP contribution in [0.25, 0.3) is 0 Å². The average molecular weight is 344 g/mol. The lowest BCUT2D eigenvalue weighted by atomic mass is 10.1. The number of carbonyl (C=O) groups is 4. The number of allylic oxidation sites excluding steroid dienone is 1. The summed E-state index contributed by atoms with van der Waals surface area (Å²) in [5.74, 6) is -2.34. The maximum atomic E-state index is 11.9. The minimum absolute atomic E-state index is 0.104. The van der Waals surface area contributed by atoms with Crippen LogP contribution in [0.4, 0.5) is 4.79 Å². The number of nitrogens with one attached hydrogen (secondary N) is 1. The Morgan fingerprint density at radius 2 is 1.79 bits per heavy atom. The van der Waals surface area contributed by atoms with Crippen LogP contribution in [0.1, 0.15) is 34.1 Å². The molecule has 0 saturated heterocycles. The van der Waals surface area contributed by atoms with Gasteiger partial charge in [0, 0.05) is 12.5 Å². The van der Waals surface area contributed by atoms with Gasteiger partial charge < -0.3 is 25.3 Å². The first-order valence-electron chi connectivity index (χ1n) is 7.24. The predicted octanol–water partition coefficient (Wildman–Crippen LogP) is 0.418. The Morgan fingerprint density at radius 3 is 2.25 bits per heavy atom. The number of rotatable bonds is 7. The zero-order valence-corrected chi connectivity index (χ0v) is 14.5. The molecule has 0 bridgehead atoms. The zero-order valence-electron chi connectivity index (χ0n) is 14.5. The number of methoxy groups -OCH3 is 1. The molecule has 0 aliphatic rings. The molecule has 1 atom stereocenters. The van der Waals surface area contributed by atoms with Gasteiger partial charge in [0.05, 0.1) is 13.7 Å². The molecule has 0 radical (unpaired) electrons. The number of amides is 1. The molecule has 0 aliphatic heterocycles. The Labute approximate surface area is 140 Å². The van der Waals surface area contributed by atoms with E-state index in [-0.39, 0.29) is 6.61 Å². The van der Waals surface area contributed by atoms with E-state index >= 15 is 0 Å². The van der Waals surface area contributed by atoms with Crippen molar-refractivity contribution in [3.63, 3.8) is 0 Å². The van der Waals surface area contributed by atoms with Gasteiger partial charge in [0.2, 0.25) is 0 Å². The van der Waals surface area contributed by atoms with Gasteiger partial charge in [-0.2, -0.15) is 0 Å². The summed E-state index contributed by atoms with van der Waals surface area (Å²) in [6.45, 7) is 6.63. The number of nitrogens with two attached hydrogens (primary N) is 1. The minimum atomic E-state index is -1.27. The van der Waals surface area contributed by atoms with Crippen LogP contribution < -0.4 is 11.1 Å². The average Bonchev–Trinajstić information content (AvgIpc) is 2.43. The number of hydrogen-bond acceptors (Lipinski definition) is 8. The molecule has 0 aromatic carbocycles. The third-order valence-electron chi connectivity index (χ3n) is 2.41. The van der Waals surface area contributed by atoms with E-state index < -0.39 is 47.6 Å². The molecule has 1 amide bonds. The summed E-state index contributed by atoms with van der Waals surface area (Å²) in [5, 5.41) is 2.24. The fraction of sp³-hybridized carbons (Fsp3) is 0.600. The molecule has 0 rings (SSSR count). The molecule has 0 heterocycles. The molecule has 24 heavy (non-hydrogen) atoms. The van der Waals surface area contributed by atoms with Crippen LogP contribution in [0, 0.1) is 0 Å². The van der Waals surface area contributed by atoms with Crippen molar-refractivity contribution in [2.45, 2.75) is 45.8 Å². The molecule has 3 N–H and O–H groups in total. The van der Waals surface area contributed by atoms with Crippen molar-refractivity contribution in [3.05, 3.63) is 11.8 Å². The van der Waals surface area contributed by atoms with E-state index in [2.05, 4.69) is 14.8 Å². The molecule has 0 aliphatic carbocycles. The number of esters is 2. The first-order chi connectivity index (χ1) is 11.0. The van der Waals surface area contributed by atoms with Gasteiger partial charge in [-0.05, 0) is 27.7 Å². The van der Waals surface area contributed by atoms with E-state index in [1.807, 2.05) is 0 Å². The molecular formula is C15H24N2O7. The van der Waals surface area contributed by atoms with Crippen LogP contribution in [0.3, 0.4) is 0 Å². The molecule has 9 heteroatoms. The number of hydrogen-bond donors (Lipinski definition) is 2. The van der Waals surface area contributed by atoms with Crippen LogP contribution in [-0.2, 0) is 28.6 Å². The second-order valence-corrected chi connectivity index (χ2v) is 5.71. The van der Waals surface area contributed by atoms with Gasteiger partial charge in [0.15, 0.2) is 5.78 Å². The van der Waals surface area contributed by atoms with E-state index in [0.717, 1.165) is 13.2 Å². The molecule has 0 aromatic rings. The summed E-state index contributed by atoms with van der Waals surface area (Å²) < 4.78 is 14.2. The number of alkyl carbamates (subject to hydrolysis) is 1.